The number of aromatic nitrogens is 2. The zero-order valence-electron chi connectivity index (χ0n) is 21.4. The van der Waals surface area contributed by atoms with Crippen molar-refractivity contribution in [3.63, 3.8) is 0 Å². The molecule has 2 heterocycles. The van der Waals surface area contributed by atoms with E-state index in [-0.39, 0.29) is 18.8 Å². The van der Waals surface area contributed by atoms with E-state index in [1.807, 2.05) is 24.3 Å². The lowest BCUT2D eigenvalue weighted by atomic mass is 10.0. The van der Waals surface area contributed by atoms with Gasteiger partial charge in [0.25, 0.3) is 5.69 Å². The van der Waals surface area contributed by atoms with Crippen LogP contribution < -0.4 is 0 Å². The number of hydrogen-bond acceptors (Lipinski definition) is 9. The van der Waals surface area contributed by atoms with Gasteiger partial charge in [0.2, 0.25) is 11.8 Å². The lowest BCUT2D eigenvalue weighted by Gasteiger charge is -2.32. The fraction of sp³-hybridized carbons (Fsp3) is 0.172. The second-order valence-corrected chi connectivity index (χ2v) is 10.1. The first-order chi connectivity index (χ1) is 19.8. The first kappa shape index (κ1) is 28.5. The van der Waals surface area contributed by atoms with Crippen LogP contribution in [0.1, 0.15) is 23.4 Å². The van der Waals surface area contributed by atoms with Crippen LogP contribution in [-0.4, -0.2) is 42.7 Å². The minimum absolute atomic E-state index is 0.0848. The van der Waals surface area contributed by atoms with Gasteiger partial charge in [-0.05, 0) is 66.2 Å². The molecule has 0 fully saturated rings. The maximum atomic E-state index is 11.3. The van der Waals surface area contributed by atoms with Crippen molar-refractivity contribution in [3.8, 4) is 22.6 Å². The van der Waals surface area contributed by atoms with Crippen LogP contribution in [0.5, 0.6) is 0 Å². The molecule has 10 nitrogen and oxygen atoms in total. The fourth-order valence-electron chi connectivity index (χ4n) is 4.33. The molecule has 2 atom stereocenters. The van der Waals surface area contributed by atoms with Crippen LogP contribution in [0.15, 0.2) is 94.0 Å². The summed E-state index contributed by atoms with van der Waals surface area (Å²) in [6, 6.07) is 18.9. The van der Waals surface area contributed by atoms with E-state index in [2.05, 4.69) is 9.97 Å². The molecule has 2 aromatic heterocycles. The Morgan fingerprint density at radius 1 is 0.805 bits per heavy atom. The number of nitro groups is 1. The summed E-state index contributed by atoms with van der Waals surface area (Å²) in [6.45, 7) is -0.281. The summed E-state index contributed by atoms with van der Waals surface area (Å²) in [4.78, 5) is 21.1. The molecule has 0 aliphatic heterocycles. The van der Waals surface area contributed by atoms with E-state index >= 15 is 0 Å². The minimum Gasteiger partial charge on any atom is -0.439 e. The molecule has 0 amide bonds. The van der Waals surface area contributed by atoms with Gasteiger partial charge in [0.1, 0.15) is 0 Å². The Morgan fingerprint density at radius 2 is 1.27 bits per heavy atom. The van der Waals surface area contributed by atoms with Gasteiger partial charge >= 0.3 is 0 Å². The van der Waals surface area contributed by atoms with E-state index in [1.54, 1.807) is 41.6 Å². The van der Waals surface area contributed by atoms with Crippen molar-refractivity contribution in [1.29, 1.82) is 0 Å². The highest BCUT2D eigenvalue weighted by atomic mass is 35.5. The number of hydrogen-bond donors (Lipinski definition) is 2. The van der Waals surface area contributed by atoms with Gasteiger partial charge in [-0.2, -0.15) is 0 Å². The molecule has 12 heteroatoms. The monoisotopic (exact) mass is 594 g/mol. The summed E-state index contributed by atoms with van der Waals surface area (Å²) in [5, 5.41) is 33.9. The fourth-order valence-corrected chi connectivity index (χ4v) is 4.58. The van der Waals surface area contributed by atoms with Gasteiger partial charge < -0.3 is 19.0 Å². The van der Waals surface area contributed by atoms with E-state index in [0.29, 0.717) is 38.9 Å². The van der Waals surface area contributed by atoms with Crippen LogP contribution in [0.2, 0.25) is 10.0 Å². The second kappa shape index (κ2) is 12.6. The molecule has 41 heavy (non-hydrogen) atoms. The average molecular weight is 595 g/mol. The maximum Gasteiger partial charge on any atom is 0.269 e. The molecule has 2 N–H and O–H groups in total. The smallest absolute Gasteiger partial charge is 0.269 e. The van der Waals surface area contributed by atoms with Gasteiger partial charge in [-0.15, -0.1) is 0 Å². The van der Waals surface area contributed by atoms with Crippen molar-refractivity contribution in [2.75, 3.05) is 6.61 Å². The van der Waals surface area contributed by atoms with Crippen molar-refractivity contribution in [3.05, 3.63) is 123 Å². The molecular formula is C29H24Cl2N4O6. The van der Waals surface area contributed by atoms with Crippen LogP contribution in [0.25, 0.3) is 22.6 Å². The molecule has 0 saturated heterocycles. The second-order valence-electron chi connectivity index (χ2n) is 9.20. The SMILES string of the molecule is O=[N+]([O-])c1ccc([C@@H](O)[C@H](CO)N(Cc2ncc(-c3ccc(Cl)cc3)o2)Cc2ncc(-c3ccc(Cl)cc3)o2)cc1. The van der Waals surface area contributed by atoms with Crippen molar-refractivity contribution in [2.45, 2.75) is 25.2 Å². The summed E-state index contributed by atoms with van der Waals surface area (Å²) >= 11 is 12.0. The topological polar surface area (TPSA) is 139 Å². The number of non-ortho nitro benzene ring substituents is 1. The van der Waals surface area contributed by atoms with Crippen molar-refractivity contribution < 1.29 is 24.0 Å². The number of nitrogens with zero attached hydrogens (tertiary/aromatic N) is 4. The Bertz CT molecular complexity index is 1520. The highest BCUT2D eigenvalue weighted by Crippen LogP contribution is 2.29. The predicted octanol–water partition coefficient (Wildman–Crippen LogP) is 6.31. The first-order valence-corrected chi connectivity index (χ1v) is 13.2. The molecule has 0 aliphatic carbocycles. The number of rotatable bonds is 11. The summed E-state index contributed by atoms with van der Waals surface area (Å²) < 4.78 is 12.0. The summed E-state index contributed by atoms with van der Waals surface area (Å²) in [5.41, 5.74) is 1.85. The van der Waals surface area contributed by atoms with Crippen LogP contribution in [0.4, 0.5) is 5.69 Å². The highest BCUT2D eigenvalue weighted by Gasteiger charge is 2.30. The van der Waals surface area contributed by atoms with E-state index in [9.17, 15) is 20.3 Å². The van der Waals surface area contributed by atoms with Crippen molar-refractivity contribution in [1.82, 2.24) is 14.9 Å². The van der Waals surface area contributed by atoms with Crippen LogP contribution >= 0.6 is 23.2 Å². The largest absolute Gasteiger partial charge is 0.439 e. The van der Waals surface area contributed by atoms with Gasteiger partial charge in [-0.1, -0.05) is 23.2 Å². The Labute approximate surface area is 244 Å². The molecule has 0 spiro atoms. The van der Waals surface area contributed by atoms with E-state index in [4.69, 9.17) is 32.0 Å². The summed E-state index contributed by atoms with van der Waals surface area (Å²) in [6.07, 6.45) is 1.96. The number of nitro benzene ring substituents is 1. The van der Waals surface area contributed by atoms with Crippen molar-refractivity contribution in [2.24, 2.45) is 0 Å². The number of oxazole rings is 2. The van der Waals surface area contributed by atoms with Gasteiger partial charge in [0.15, 0.2) is 11.5 Å². The Morgan fingerprint density at radius 3 is 1.68 bits per heavy atom. The quantitative estimate of drug-likeness (QED) is 0.133. The molecule has 5 aromatic rings. The number of halogens is 2. The lowest BCUT2D eigenvalue weighted by Crippen LogP contribution is -2.41. The first-order valence-electron chi connectivity index (χ1n) is 12.5. The number of aliphatic hydroxyl groups is 2. The molecule has 0 unspecified atom stereocenters. The Kier molecular flexibility index (Phi) is 8.77. The number of aliphatic hydroxyl groups excluding tert-OH is 2. The third kappa shape index (κ3) is 6.82. The highest BCUT2D eigenvalue weighted by molar-refractivity contribution is 6.30. The van der Waals surface area contributed by atoms with Gasteiger partial charge in [0, 0.05) is 33.3 Å². The molecule has 0 saturated carbocycles. The van der Waals surface area contributed by atoms with E-state index in [0.717, 1.165) is 11.1 Å². The normalized spacial score (nSPS) is 12.9. The Hall–Kier alpha value is -4.06. The molecule has 3 aromatic carbocycles. The third-order valence-corrected chi connectivity index (χ3v) is 7.01. The standard InChI is InChI=1S/C29H24Cl2N4O6/c30-21-7-1-18(2-8-21)25-13-32-27(40-25)15-34(16-28-33-14-26(41-28)19-3-9-22(31)10-4-19)24(17-36)29(37)20-5-11-23(12-6-20)35(38)39/h1-14,24,29,36-37H,15-17H2/t24-,29+/m0/s1. The van der Waals surface area contributed by atoms with Crippen LogP contribution in [-0.2, 0) is 13.1 Å². The van der Waals surface area contributed by atoms with E-state index < -0.39 is 23.7 Å². The third-order valence-electron chi connectivity index (χ3n) is 6.51. The van der Waals surface area contributed by atoms with Crippen LogP contribution in [0, 0.1) is 10.1 Å². The maximum absolute atomic E-state index is 11.3. The number of benzene rings is 3. The average Bonchev–Trinajstić information content (AvgIpc) is 3.64. The van der Waals surface area contributed by atoms with Gasteiger partial charge in [0.05, 0.1) is 49.2 Å². The molecule has 0 radical (unpaired) electrons. The summed E-state index contributed by atoms with van der Waals surface area (Å²) in [5.74, 6) is 1.70. The minimum atomic E-state index is -1.21. The van der Waals surface area contributed by atoms with Crippen molar-refractivity contribution >= 4 is 28.9 Å². The zero-order valence-corrected chi connectivity index (χ0v) is 22.9. The molecule has 5 rings (SSSR count). The van der Waals surface area contributed by atoms with E-state index in [1.165, 1.54) is 24.3 Å². The molecule has 0 bridgehead atoms. The molecule has 210 valence electrons. The van der Waals surface area contributed by atoms with Gasteiger partial charge in [-0.25, -0.2) is 9.97 Å². The Balaban J connectivity index is 1.43. The lowest BCUT2D eigenvalue weighted by molar-refractivity contribution is -0.384. The van der Waals surface area contributed by atoms with Gasteiger partial charge in [-0.3, -0.25) is 15.0 Å². The molecular weight excluding hydrogens is 571 g/mol. The molecule has 0 aliphatic rings. The predicted molar refractivity (Wildman–Crippen MR) is 152 cm³/mol. The van der Waals surface area contributed by atoms with Crippen LogP contribution in [0.3, 0.4) is 0 Å². The zero-order chi connectivity index (χ0) is 28.9. The summed E-state index contributed by atoms with van der Waals surface area (Å²) in [7, 11) is 0.